The molecule has 0 aliphatic heterocycles. The third-order valence-electron chi connectivity index (χ3n) is 4.64. The van der Waals surface area contributed by atoms with Crippen LogP contribution in [0, 0.1) is 12.8 Å². The molecule has 0 aliphatic carbocycles. The van der Waals surface area contributed by atoms with Gasteiger partial charge in [-0.1, -0.05) is 31.5 Å². The molecule has 0 radical (unpaired) electrons. The Morgan fingerprint density at radius 2 is 1.87 bits per heavy atom. The number of hydrogen-bond donors (Lipinski definition) is 0. The summed E-state index contributed by atoms with van der Waals surface area (Å²) in [5, 5.41) is 0.477. The molecule has 1 unspecified atom stereocenters. The van der Waals surface area contributed by atoms with Crippen LogP contribution in [-0.2, 0) is 9.73 Å². The van der Waals surface area contributed by atoms with Crippen molar-refractivity contribution in [3.63, 3.8) is 0 Å². The van der Waals surface area contributed by atoms with Crippen molar-refractivity contribution >= 4 is 44.7 Å². The van der Waals surface area contributed by atoms with E-state index >= 15 is 0 Å². The smallest absolute Gasteiger partial charge is 0.0910 e. The second kappa shape index (κ2) is 10.3. The van der Waals surface area contributed by atoms with Crippen LogP contribution < -0.4 is 4.90 Å². The van der Waals surface area contributed by atoms with Crippen LogP contribution in [-0.4, -0.2) is 48.9 Å². The van der Waals surface area contributed by atoms with Gasteiger partial charge in [-0.05, 0) is 55.7 Å². The number of benzene rings is 2. The largest absolute Gasteiger partial charge is 0.378 e. The van der Waals surface area contributed by atoms with Gasteiger partial charge in [0.05, 0.1) is 37.4 Å². The minimum atomic E-state index is -2.71. The zero-order valence-corrected chi connectivity index (χ0v) is 20.6. The molecule has 0 N–H and O–H groups in total. The van der Waals surface area contributed by atoms with Crippen LogP contribution in [0.15, 0.2) is 50.6 Å². The highest BCUT2D eigenvalue weighted by molar-refractivity contribution is 7.93. The molecule has 30 heavy (non-hydrogen) atoms. The van der Waals surface area contributed by atoms with Gasteiger partial charge >= 0.3 is 0 Å². The number of aliphatic imine (C=N–C) groups is 1. The maximum absolute atomic E-state index is 14.2. The Balaban J connectivity index is 2.61. The van der Waals surface area contributed by atoms with Gasteiger partial charge in [-0.3, -0.25) is 0 Å². The molecule has 0 spiro atoms. The molecular weight excluding hydrogens is 416 g/mol. The quantitative estimate of drug-likeness (QED) is 0.360. The fourth-order valence-electron chi connectivity index (χ4n) is 2.96. The highest BCUT2D eigenvalue weighted by atomic mass is 35.5. The topological polar surface area (TPSA) is 48.3 Å². The third-order valence-corrected chi connectivity index (χ3v) is 7.69. The van der Waals surface area contributed by atoms with E-state index in [4.69, 9.17) is 16.0 Å². The predicted molar refractivity (Wildman–Crippen MR) is 132 cm³/mol. The molecule has 5 nitrogen and oxygen atoms in total. The summed E-state index contributed by atoms with van der Waals surface area (Å²) in [5.74, 6) is 0.671. The molecule has 0 fully saturated rings. The van der Waals surface area contributed by atoms with E-state index < -0.39 is 9.73 Å². The van der Waals surface area contributed by atoms with E-state index in [1.54, 1.807) is 12.4 Å². The van der Waals surface area contributed by atoms with Gasteiger partial charge < -0.3 is 9.80 Å². The number of nitrogens with zero attached hydrogens (tertiary/aromatic N) is 4. The molecule has 2 rings (SSSR count). The lowest BCUT2D eigenvalue weighted by atomic mass is 10.2. The number of aryl methyl sites for hydroxylation is 1. The average molecular weight is 449 g/mol. The Labute approximate surface area is 186 Å². The minimum absolute atomic E-state index is 0.215. The maximum atomic E-state index is 14.2. The van der Waals surface area contributed by atoms with Gasteiger partial charge in [0.25, 0.3) is 0 Å². The number of rotatable bonds is 8. The zero-order valence-electron chi connectivity index (χ0n) is 19.0. The van der Waals surface area contributed by atoms with Crippen molar-refractivity contribution in [1.82, 2.24) is 4.90 Å². The summed E-state index contributed by atoms with van der Waals surface area (Å²) in [6.07, 6.45) is 1.75. The molecule has 1 atom stereocenters. The summed E-state index contributed by atoms with van der Waals surface area (Å²) < 4.78 is 18.9. The lowest BCUT2D eigenvalue weighted by molar-refractivity contribution is 0.552. The molecule has 0 saturated carbocycles. The molecule has 2 aromatic rings. The number of halogens is 1. The summed E-state index contributed by atoms with van der Waals surface area (Å²) in [5.41, 5.74) is 3.26. The average Bonchev–Trinajstić information content (AvgIpc) is 2.67. The number of anilines is 1. The molecule has 0 bridgehead atoms. The normalized spacial score (nSPS) is 13.5. The Morgan fingerprint density at radius 1 is 1.17 bits per heavy atom. The van der Waals surface area contributed by atoms with Crippen molar-refractivity contribution in [2.45, 2.75) is 32.6 Å². The van der Waals surface area contributed by atoms with Gasteiger partial charge in [0.15, 0.2) is 0 Å². The monoisotopic (exact) mass is 448 g/mol. The first-order valence-electron chi connectivity index (χ1n) is 10.1. The molecule has 0 amide bonds. The summed E-state index contributed by atoms with van der Waals surface area (Å²) in [4.78, 5) is 9.13. The maximum Gasteiger partial charge on any atom is 0.0910 e. The van der Waals surface area contributed by atoms with Crippen LogP contribution in [0.5, 0.6) is 0 Å². The fourth-order valence-corrected chi connectivity index (χ4v) is 5.81. The van der Waals surface area contributed by atoms with E-state index in [9.17, 15) is 4.21 Å². The molecule has 164 valence electrons. The number of hydrogen-bond acceptors (Lipinski definition) is 4. The van der Waals surface area contributed by atoms with Crippen molar-refractivity contribution in [2.75, 3.05) is 38.3 Å². The van der Waals surface area contributed by atoms with Crippen LogP contribution in [0.3, 0.4) is 0 Å². The lowest BCUT2D eigenvalue weighted by Gasteiger charge is -2.18. The SMILES string of the molecule is CCN(C)/C=N\c1cc(C)c(S(=O)(CC(C)C)=Nc2cccc(N(C)C)c2)cc1Cl. The Morgan fingerprint density at radius 3 is 2.47 bits per heavy atom. The van der Waals surface area contributed by atoms with Crippen LogP contribution in [0.2, 0.25) is 5.02 Å². The summed E-state index contributed by atoms with van der Waals surface area (Å²) in [6, 6.07) is 11.5. The van der Waals surface area contributed by atoms with Gasteiger partial charge in [-0.2, -0.15) is 4.36 Å². The van der Waals surface area contributed by atoms with E-state index in [-0.39, 0.29) is 5.92 Å². The van der Waals surface area contributed by atoms with Crippen LogP contribution >= 0.6 is 11.6 Å². The molecular formula is C23H33ClN4OS. The van der Waals surface area contributed by atoms with Gasteiger partial charge in [-0.25, -0.2) is 9.20 Å². The second-order valence-corrected chi connectivity index (χ2v) is 10.7. The van der Waals surface area contributed by atoms with E-state index in [0.29, 0.717) is 27.0 Å². The fraction of sp³-hybridized carbons (Fsp3) is 0.435. The molecule has 0 heterocycles. The van der Waals surface area contributed by atoms with E-state index in [0.717, 1.165) is 17.8 Å². The van der Waals surface area contributed by atoms with Gasteiger partial charge in [-0.15, -0.1) is 0 Å². The molecule has 7 heteroatoms. The summed E-state index contributed by atoms with van der Waals surface area (Å²) in [7, 11) is 3.20. The van der Waals surface area contributed by atoms with Crippen molar-refractivity contribution in [1.29, 1.82) is 0 Å². The van der Waals surface area contributed by atoms with Crippen LogP contribution in [0.1, 0.15) is 26.3 Å². The predicted octanol–water partition coefficient (Wildman–Crippen LogP) is 6.14. The lowest BCUT2D eigenvalue weighted by Crippen LogP contribution is -2.14. The summed E-state index contributed by atoms with van der Waals surface area (Å²) >= 11 is 6.53. The second-order valence-electron chi connectivity index (χ2n) is 8.09. The first-order valence-corrected chi connectivity index (χ1v) is 12.2. The molecule has 0 aliphatic rings. The van der Waals surface area contributed by atoms with Crippen molar-refractivity contribution < 1.29 is 4.21 Å². The highest BCUT2D eigenvalue weighted by Gasteiger charge is 2.20. The standard InChI is InChI=1S/C23H33ClN4OS/c1-8-28(7)16-25-22-12-18(4)23(14-21(22)24)30(29,15-17(2)3)26-19-10-9-11-20(13-19)27(5)6/h9-14,16-17H,8,15H2,1-7H3/b25-16-. The van der Waals surface area contributed by atoms with Crippen LogP contribution in [0.4, 0.5) is 17.1 Å². The van der Waals surface area contributed by atoms with Crippen LogP contribution in [0.25, 0.3) is 0 Å². The third kappa shape index (κ3) is 6.22. The van der Waals surface area contributed by atoms with Gasteiger partial charge in [0.1, 0.15) is 0 Å². The zero-order chi connectivity index (χ0) is 22.5. The Kier molecular flexibility index (Phi) is 8.33. The molecule has 2 aromatic carbocycles. The first kappa shape index (κ1) is 24.2. The highest BCUT2D eigenvalue weighted by Crippen LogP contribution is 2.34. The first-order chi connectivity index (χ1) is 14.1. The van der Waals surface area contributed by atoms with E-state index in [1.165, 1.54) is 0 Å². The van der Waals surface area contributed by atoms with Crippen molar-refractivity contribution in [3.8, 4) is 0 Å². The van der Waals surface area contributed by atoms with Gasteiger partial charge in [0.2, 0.25) is 0 Å². The van der Waals surface area contributed by atoms with Crippen molar-refractivity contribution in [2.24, 2.45) is 15.3 Å². The Bertz CT molecular complexity index is 1020. The van der Waals surface area contributed by atoms with E-state index in [2.05, 4.69) is 25.8 Å². The van der Waals surface area contributed by atoms with Gasteiger partial charge in [0, 0.05) is 39.1 Å². The van der Waals surface area contributed by atoms with E-state index in [1.807, 2.05) is 68.2 Å². The van der Waals surface area contributed by atoms with Crippen molar-refractivity contribution in [3.05, 3.63) is 47.0 Å². The Hall–Kier alpha value is -2.05. The summed E-state index contributed by atoms with van der Waals surface area (Å²) in [6.45, 7) is 8.96. The molecule has 0 saturated heterocycles. The minimum Gasteiger partial charge on any atom is -0.378 e. The molecule has 0 aromatic heterocycles.